The summed E-state index contributed by atoms with van der Waals surface area (Å²) in [6, 6.07) is -1.02. The second-order valence-electron chi connectivity index (χ2n) is 2.63. The van der Waals surface area contributed by atoms with Crippen LogP contribution >= 0.6 is 0 Å². The molecule has 3 unspecified atom stereocenters. The van der Waals surface area contributed by atoms with Gasteiger partial charge in [-0.05, 0) is 0 Å². The van der Waals surface area contributed by atoms with Crippen LogP contribution in [0.1, 0.15) is 6.42 Å². The van der Waals surface area contributed by atoms with Crippen LogP contribution in [-0.4, -0.2) is 41.0 Å². The van der Waals surface area contributed by atoms with Gasteiger partial charge in [-0.3, -0.25) is 4.79 Å². The Labute approximate surface area is 63.8 Å². The predicted octanol–water partition coefficient (Wildman–Crippen LogP) is -1.45. The van der Waals surface area contributed by atoms with Gasteiger partial charge in [0.25, 0.3) is 0 Å². The van der Waals surface area contributed by atoms with Crippen molar-refractivity contribution in [3.8, 4) is 0 Å². The van der Waals surface area contributed by atoms with Gasteiger partial charge in [-0.25, -0.2) is 0 Å². The molecule has 1 fully saturated rings. The van der Waals surface area contributed by atoms with Crippen LogP contribution in [0.2, 0.25) is 0 Å². The van der Waals surface area contributed by atoms with Gasteiger partial charge in [0.15, 0.2) is 0 Å². The second-order valence-corrected chi connectivity index (χ2v) is 2.63. The Bertz CT molecular complexity index is 161. The number of carbonyl (C=O) groups is 1. The van der Waals surface area contributed by atoms with Crippen molar-refractivity contribution in [2.75, 3.05) is 6.61 Å². The highest BCUT2D eigenvalue weighted by Crippen LogP contribution is 2.15. The fraction of sp³-hybridized carbons (Fsp3) is 0.833. The van der Waals surface area contributed by atoms with E-state index in [1.807, 2.05) is 0 Å². The van der Waals surface area contributed by atoms with E-state index in [1.165, 1.54) is 0 Å². The molecule has 5 nitrogen and oxygen atoms in total. The Morgan fingerprint density at radius 1 is 1.73 bits per heavy atom. The van der Waals surface area contributed by atoms with E-state index in [9.17, 15) is 4.79 Å². The summed E-state index contributed by atoms with van der Waals surface area (Å²) in [5, 5.41) is 17.4. The zero-order chi connectivity index (χ0) is 8.43. The maximum Gasteiger partial charge on any atom is 0.323 e. The van der Waals surface area contributed by atoms with Crippen LogP contribution in [0.4, 0.5) is 0 Å². The van der Waals surface area contributed by atoms with Crippen molar-refractivity contribution in [1.29, 1.82) is 0 Å². The first kappa shape index (κ1) is 8.45. The Kier molecular flexibility index (Phi) is 2.43. The molecule has 1 saturated heterocycles. The Morgan fingerprint density at radius 2 is 2.36 bits per heavy atom. The normalized spacial score (nSPS) is 33.6. The Hall–Kier alpha value is -0.650. The molecule has 1 rings (SSSR count). The highest BCUT2D eigenvalue weighted by atomic mass is 16.5. The molecule has 0 saturated carbocycles. The molecule has 1 aliphatic heterocycles. The molecule has 5 heteroatoms. The molecule has 0 aliphatic carbocycles. The van der Waals surface area contributed by atoms with Gasteiger partial charge >= 0.3 is 5.97 Å². The molecule has 11 heavy (non-hydrogen) atoms. The van der Waals surface area contributed by atoms with Gasteiger partial charge in [-0.2, -0.15) is 0 Å². The molecule has 1 heterocycles. The maximum atomic E-state index is 10.3. The van der Waals surface area contributed by atoms with Crippen LogP contribution in [0.3, 0.4) is 0 Å². The standard InChI is InChI=1S/C6H11NO4/c7-5(6(9)10)4-1-3(8)2-11-4/h3-5,8H,1-2,7H2,(H,9,10). The third kappa shape index (κ3) is 1.89. The van der Waals surface area contributed by atoms with E-state index in [-0.39, 0.29) is 6.61 Å². The third-order valence-electron chi connectivity index (χ3n) is 1.69. The summed E-state index contributed by atoms with van der Waals surface area (Å²) >= 11 is 0. The summed E-state index contributed by atoms with van der Waals surface area (Å²) in [7, 11) is 0. The molecule has 0 aromatic heterocycles. The average Bonchev–Trinajstić information content (AvgIpc) is 2.34. The fourth-order valence-corrected chi connectivity index (χ4v) is 1.05. The number of carboxylic acids is 1. The van der Waals surface area contributed by atoms with Gasteiger partial charge in [0.05, 0.1) is 18.8 Å². The minimum Gasteiger partial charge on any atom is -0.480 e. The molecule has 0 radical (unpaired) electrons. The van der Waals surface area contributed by atoms with Crippen LogP contribution in [-0.2, 0) is 9.53 Å². The molecule has 0 aromatic rings. The zero-order valence-electron chi connectivity index (χ0n) is 5.93. The van der Waals surface area contributed by atoms with E-state index in [1.54, 1.807) is 0 Å². The van der Waals surface area contributed by atoms with E-state index in [0.29, 0.717) is 6.42 Å². The Morgan fingerprint density at radius 3 is 2.73 bits per heavy atom. The van der Waals surface area contributed by atoms with Crippen molar-refractivity contribution < 1.29 is 19.7 Å². The van der Waals surface area contributed by atoms with E-state index in [2.05, 4.69) is 0 Å². The van der Waals surface area contributed by atoms with Gasteiger partial charge in [0.1, 0.15) is 6.04 Å². The first-order valence-electron chi connectivity index (χ1n) is 3.39. The van der Waals surface area contributed by atoms with Crippen molar-refractivity contribution in [3.05, 3.63) is 0 Å². The lowest BCUT2D eigenvalue weighted by Gasteiger charge is -2.12. The molecule has 0 spiro atoms. The quantitative estimate of drug-likeness (QED) is 0.460. The van der Waals surface area contributed by atoms with Crippen molar-refractivity contribution in [3.63, 3.8) is 0 Å². The number of ether oxygens (including phenoxy) is 1. The number of aliphatic carboxylic acids is 1. The van der Waals surface area contributed by atoms with E-state index in [4.69, 9.17) is 20.7 Å². The smallest absolute Gasteiger partial charge is 0.323 e. The monoisotopic (exact) mass is 161 g/mol. The first-order chi connectivity index (χ1) is 5.11. The molecule has 0 aromatic carbocycles. The van der Waals surface area contributed by atoms with E-state index in [0.717, 1.165) is 0 Å². The third-order valence-corrected chi connectivity index (χ3v) is 1.69. The summed E-state index contributed by atoms with van der Waals surface area (Å²) in [6.07, 6.45) is -0.791. The van der Waals surface area contributed by atoms with Crippen LogP contribution in [0.5, 0.6) is 0 Å². The van der Waals surface area contributed by atoms with Gasteiger partial charge in [0, 0.05) is 6.42 Å². The van der Waals surface area contributed by atoms with Gasteiger partial charge in [-0.1, -0.05) is 0 Å². The van der Waals surface area contributed by atoms with Crippen molar-refractivity contribution >= 4 is 5.97 Å². The van der Waals surface area contributed by atoms with Crippen LogP contribution in [0.25, 0.3) is 0 Å². The number of hydrogen-bond acceptors (Lipinski definition) is 4. The summed E-state index contributed by atoms with van der Waals surface area (Å²) in [6.45, 7) is 0.186. The Balaban J connectivity index is 2.43. The van der Waals surface area contributed by atoms with Gasteiger partial charge in [0.2, 0.25) is 0 Å². The van der Waals surface area contributed by atoms with Crippen LogP contribution < -0.4 is 5.73 Å². The molecular weight excluding hydrogens is 150 g/mol. The lowest BCUT2D eigenvalue weighted by Crippen LogP contribution is -2.41. The van der Waals surface area contributed by atoms with Crippen molar-refractivity contribution in [2.45, 2.75) is 24.7 Å². The lowest BCUT2D eigenvalue weighted by molar-refractivity contribution is -0.141. The van der Waals surface area contributed by atoms with E-state index < -0.39 is 24.2 Å². The largest absolute Gasteiger partial charge is 0.480 e. The minimum absolute atomic E-state index is 0.186. The SMILES string of the molecule is NC(C(=O)O)C1CC(O)CO1. The van der Waals surface area contributed by atoms with Crippen LogP contribution in [0.15, 0.2) is 0 Å². The summed E-state index contributed by atoms with van der Waals surface area (Å²) in [5.74, 6) is -1.09. The number of nitrogens with two attached hydrogens (primary N) is 1. The second kappa shape index (κ2) is 3.17. The number of carboxylic acid groups (broad SMARTS) is 1. The topological polar surface area (TPSA) is 92.8 Å². The maximum absolute atomic E-state index is 10.3. The van der Waals surface area contributed by atoms with Crippen LogP contribution in [0, 0.1) is 0 Å². The number of aliphatic hydroxyl groups is 1. The summed E-state index contributed by atoms with van der Waals surface area (Å²) < 4.78 is 4.93. The lowest BCUT2D eigenvalue weighted by atomic mass is 10.1. The number of hydrogen-bond donors (Lipinski definition) is 3. The highest BCUT2D eigenvalue weighted by Gasteiger charge is 2.32. The number of rotatable bonds is 2. The first-order valence-corrected chi connectivity index (χ1v) is 3.39. The zero-order valence-corrected chi connectivity index (χ0v) is 5.93. The molecule has 0 amide bonds. The minimum atomic E-state index is -1.09. The summed E-state index contributed by atoms with van der Waals surface area (Å²) in [5.41, 5.74) is 5.25. The van der Waals surface area contributed by atoms with Crippen molar-refractivity contribution in [2.24, 2.45) is 5.73 Å². The molecule has 3 atom stereocenters. The molecule has 1 aliphatic rings. The highest BCUT2D eigenvalue weighted by molar-refractivity contribution is 5.73. The average molecular weight is 161 g/mol. The molecule has 4 N–H and O–H groups in total. The predicted molar refractivity (Wildman–Crippen MR) is 36.0 cm³/mol. The van der Waals surface area contributed by atoms with Gasteiger partial charge in [-0.15, -0.1) is 0 Å². The van der Waals surface area contributed by atoms with Crippen molar-refractivity contribution in [1.82, 2.24) is 0 Å². The van der Waals surface area contributed by atoms with E-state index >= 15 is 0 Å². The van der Waals surface area contributed by atoms with Gasteiger partial charge < -0.3 is 20.7 Å². The fourth-order valence-electron chi connectivity index (χ4n) is 1.05. The molecule has 64 valence electrons. The molecular formula is C6H11NO4. The number of aliphatic hydroxyl groups excluding tert-OH is 1. The molecule has 0 bridgehead atoms. The summed E-state index contributed by atoms with van der Waals surface area (Å²) in [4.78, 5) is 10.3.